The normalized spacial score (nSPS) is 14.9. The van der Waals surface area contributed by atoms with Gasteiger partial charge in [-0.05, 0) is 55.2 Å². The van der Waals surface area contributed by atoms with Gasteiger partial charge < -0.3 is 14.2 Å². The molecule has 11 heteroatoms. The minimum absolute atomic E-state index is 0.0401. The van der Waals surface area contributed by atoms with E-state index in [1.807, 2.05) is 0 Å². The standard InChI is InChI=1S/C25H24Cl2F3N3O3/c1-13-17(25(28,29)30)5-7-19-22(13)31-20(32(19)2)12-16-18(26)6-4-15(21(16)27)23(34)33-10-8-14(9-11-33)24(35)36-3/h4-7,14H,8-12H2,1-3H3. The summed E-state index contributed by atoms with van der Waals surface area (Å²) in [6, 6.07) is 5.57. The molecule has 1 amide bonds. The van der Waals surface area contributed by atoms with Crippen LogP contribution in [0, 0.1) is 12.8 Å². The minimum atomic E-state index is -4.48. The number of imidazole rings is 1. The molecule has 1 fully saturated rings. The fourth-order valence-corrected chi connectivity index (χ4v) is 5.23. The number of esters is 1. The summed E-state index contributed by atoms with van der Waals surface area (Å²) in [5.41, 5.74) is 0.818. The van der Waals surface area contributed by atoms with Crippen LogP contribution in [0.2, 0.25) is 10.0 Å². The lowest BCUT2D eigenvalue weighted by Crippen LogP contribution is -2.40. The molecule has 2 heterocycles. The molecule has 0 spiro atoms. The Balaban J connectivity index is 1.63. The van der Waals surface area contributed by atoms with E-state index in [4.69, 9.17) is 27.9 Å². The molecular formula is C25H24Cl2F3N3O3. The number of aromatic nitrogens is 2. The third-order valence-corrected chi connectivity index (χ3v) is 7.56. The molecule has 1 aromatic heterocycles. The summed E-state index contributed by atoms with van der Waals surface area (Å²) in [5.74, 6) is -0.347. The van der Waals surface area contributed by atoms with Crippen molar-refractivity contribution >= 4 is 46.1 Å². The third-order valence-electron chi connectivity index (χ3n) is 6.77. The number of hydrogen-bond acceptors (Lipinski definition) is 4. The Hall–Kier alpha value is -2.78. The van der Waals surface area contributed by atoms with Gasteiger partial charge >= 0.3 is 12.1 Å². The molecule has 0 unspecified atom stereocenters. The molecule has 2 aromatic carbocycles. The van der Waals surface area contributed by atoms with Gasteiger partial charge in [0.05, 0.1) is 40.2 Å². The average molecular weight is 542 g/mol. The van der Waals surface area contributed by atoms with E-state index in [2.05, 4.69) is 4.98 Å². The van der Waals surface area contributed by atoms with Gasteiger partial charge in [-0.2, -0.15) is 13.2 Å². The van der Waals surface area contributed by atoms with Gasteiger partial charge in [-0.1, -0.05) is 23.2 Å². The van der Waals surface area contributed by atoms with Gasteiger partial charge in [-0.15, -0.1) is 0 Å². The first-order valence-electron chi connectivity index (χ1n) is 11.3. The van der Waals surface area contributed by atoms with E-state index in [1.165, 1.54) is 20.1 Å². The van der Waals surface area contributed by atoms with Crippen molar-refractivity contribution in [3.8, 4) is 0 Å². The maximum absolute atomic E-state index is 13.4. The van der Waals surface area contributed by atoms with Crippen LogP contribution >= 0.6 is 23.2 Å². The van der Waals surface area contributed by atoms with Gasteiger partial charge in [0.1, 0.15) is 5.82 Å². The maximum Gasteiger partial charge on any atom is 0.416 e. The highest BCUT2D eigenvalue weighted by molar-refractivity contribution is 6.38. The molecule has 192 valence electrons. The summed E-state index contributed by atoms with van der Waals surface area (Å²) in [6.07, 6.45) is -3.37. The van der Waals surface area contributed by atoms with Gasteiger partial charge in [0.25, 0.3) is 5.91 Å². The van der Waals surface area contributed by atoms with E-state index < -0.39 is 11.7 Å². The van der Waals surface area contributed by atoms with Crippen molar-refractivity contribution in [3.63, 3.8) is 0 Å². The van der Waals surface area contributed by atoms with Gasteiger partial charge in [-0.25, -0.2) is 4.98 Å². The molecule has 6 nitrogen and oxygen atoms in total. The number of hydrogen-bond donors (Lipinski definition) is 0. The lowest BCUT2D eigenvalue weighted by atomic mass is 9.96. The first kappa shape index (κ1) is 26.3. The quantitative estimate of drug-likeness (QED) is 0.390. The van der Waals surface area contributed by atoms with Crippen LogP contribution in [0.25, 0.3) is 11.0 Å². The zero-order valence-corrected chi connectivity index (χ0v) is 21.4. The smallest absolute Gasteiger partial charge is 0.416 e. The second-order valence-electron chi connectivity index (χ2n) is 8.84. The van der Waals surface area contributed by atoms with Crippen LogP contribution in [0.5, 0.6) is 0 Å². The van der Waals surface area contributed by atoms with Crippen molar-refractivity contribution in [1.29, 1.82) is 0 Å². The van der Waals surface area contributed by atoms with Gasteiger partial charge in [0, 0.05) is 31.6 Å². The fraction of sp³-hybridized carbons (Fsp3) is 0.400. The number of carbonyl (C=O) groups excluding carboxylic acids is 2. The predicted octanol–water partition coefficient (Wildman–Crippen LogP) is 5.82. The molecule has 1 saturated heterocycles. The van der Waals surface area contributed by atoms with Crippen molar-refractivity contribution in [2.75, 3.05) is 20.2 Å². The van der Waals surface area contributed by atoms with Crippen LogP contribution in [0.15, 0.2) is 24.3 Å². The summed E-state index contributed by atoms with van der Waals surface area (Å²) >= 11 is 13.1. The van der Waals surface area contributed by atoms with Crippen LogP contribution in [-0.2, 0) is 29.2 Å². The van der Waals surface area contributed by atoms with Crippen molar-refractivity contribution in [2.45, 2.75) is 32.4 Å². The van der Waals surface area contributed by atoms with Crippen molar-refractivity contribution in [1.82, 2.24) is 14.5 Å². The Morgan fingerprint density at radius 3 is 2.42 bits per heavy atom. The monoisotopic (exact) mass is 541 g/mol. The van der Waals surface area contributed by atoms with Gasteiger partial charge in [0.15, 0.2) is 0 Å². The van der Waals surface area contributed by atoms with E-state index in [0.29, 0.717) is 47.9 Å². The second kappa shape index (κ2) is 9.94. The Kier molecular flexibility index (Phi) is 7.26. The van der Waals surface area contributed by atoms with Gasteiger partial charge in [0.2, 0.25) is 0 Å². The number of benzene rings is 2. The van der Waals surface area contributed by atoms with Crippen LogP contribution in [-0.4, -0.2) is 46.5 Å². The zero-order valence-electron chi connectivity index (χ0n) is 19.9. The lowest BCUT2D eigenvalue weighted by molar-refractivity contribution is -0.146. The number of likely N-dealkylation sites (tertiary alicyclic amines) is 1. The number of amides is 1. The topological polar surface area (TPSA) is 64.4 Å². The van der Waals surface area contributed by atoms with E-state index in [9.17, 15) is 22.8 Å². The predicted molar refractivity (Wildman–Crippen MR) is 130 cm³/mol. The van der Waals surface area contributed by atoms with Crippen molar-refractivity contribution in [2.24, 2.45) is 13.0 Å². The number of ether oxygens (including phenoxy) is 1. The molecule has 0 radical (unpaired) electrons. The summed E-state index contributed by atoms with van der Waals surface area (Å²) in [5, 5.41) is 0.489. The van der Waals surface area contributed by atoms with Crippen LogP contribution in [0.1, 0.15) is 45.7 Å². The highest BCUT2D eigenvalue weighted by Crippen LogP contribution is 2.36. The molecule has 0 bridgehead atoms. The van der Waals surface area contributed by atoms with E-state index in [1.54, 1.807) is 28.6 Å². The van der Waals surface area contributed by atoms with Crippen molar-refractivity contribution in [3.05, 3.63) is 62.4 Å². The molecule has 3 aromatic rings. The largest absolute Gasteiger partial charge is 0.469 e. The molecular weight excluding hydrogens is 518 g/mol. The molecule has 0 aliphatic carbocycles. The number of nitrogens with zero attached hydrogens (tertiary/aromatic N) is 3. The number of methoxy groups -OCH3 is 1. The molecule has 0 saturated carbocycles. The van der Waals surface area contributed by atoms with Crippen LogP contribution in [0.4, 0.5) is 13.2 Å². The summed E-state index contributed by atoms with van der Waals surface area (Å²) in [4.78, 5) is 31.1. The summed E-state index contributed by atoms with van der Waals surface area (Å²) in [7, 11) is 3.05. The lowest BCUT2D eigenvalue weighted by Gasteiger charge is -2.31. The number of halogens is 5. The second-order valence-corrected chi connectivity index (χ2v) is 9.63. The molecule has 36 heavy (non-hydrogen) atoms. The summed E-state index contributed by atoms with van der Waals surface area (Å²) < 4.78 is 46.6. The number of alkyl halides is 3. The number of rotatable bonds is 4. The first-order chi connectivity index (χ1) is 16.9. The van der Waals surface area contributed by atoms with Crippen LogP contribution in [0.3, 0.4) is 0 Å². The van der Waals surface area contributed by atoms with Crippen LogP contribution < -0.4 is 0 Å². The van der Waals surface area contributed by atoms with E-state index >= 15 is 0 Å². The Bertz CT molecular complexity index is 1350. The van der Waals surface area contributed by atoms with E-state index in [-0.39, 0.29) is 45.9 Å². The zero-order chi connectivity index (χ0) is 26.4. The minimum Gasteiger partial charge on any atom is -0.469 e. The molecule has 0 N–H and O–H groups in total. The summed E-state index contributed by atoms with van der Waals surface area (Å²) in [6.45, 7) is 2.17. The maximum atomic E-state index is 13.4. The Morgan fingerprint density at radius 2 is 1.81 bits per heavy atom. The number of aryl methyl sites for hydroxylation is 2. The molecule has 1 aliphatic rings. The number of carbonyl (C=O) groups is 2. The van der Waals surface area contributed by atoms with E-state index in [0.717, 1.165) is 6.07 Å². The molecule has 0 atom stereocenters. The van der Waals surface area contributed by atoms with Crippen molar-refractivity contribution < 1.29 is 27.5 Å². The average Bonchev–Trinajstić information content (AvgIpc) is 3.16. The first-order valence-corrected chi connectivity index (χ1v) is 12.1. The SMILES string of the molecule is COC(=O)C1CCN(C(=O)c2ccc(Cl)c(Cc3nc4c(C)c(C(F)(F)F)ccc4n3C)c2Cl)CC1. The number of fused-ring (bicyclic) bond motifs is 1. The highest BCUT2D eigenvalue weighted by Gasteiger charge is 2.34. The Morgan fingerprint density at radius 1 is 1.14 bits per heavy atom. The fourth-order valence-electron chi connectivity index (χ4n) is 4.64. The molecule has 4 rings (SSSR count). The Labute approximate surface area is 215 Å². The van der Waals surface area contributed by atoms with Gasteiger partial charge in [-0.3, -0.25) is 9.59 Å². The number of piperidine rings is 1. The highest BCUT2D eigenvalue weighted by atomic mass is 35.5. The third kappa shape index (κ3) is 4.78. The molecule has 1 aliphatic heterocycles.